The number of nitrogens with zero attached hydrogens (tertiary/aromatic N) is 2. The van der Waals surface area contributed by atoms with Crippen molar-refractivity contribution in [2.45, 2.75) is 25.7 Å². The summed E-state index contributed by atoms with van der Waals surface area (Å²) in [5.41, 5.74) is 2.20. The third-order valence-corrected chi connectivity index (χ3v) is 7.04. The van der Waals surface area contributed by atoms with Gasteiger partial charge in [0.05, 0.1) is 30.0 Å². The lowest BCUT2D eigenvalue weighted by atomic mass is 9.81. The zero-order valence-corrected chi connectivity index (χ0v) is 19.1. The summed E-state index contributed by atoms with van der Waals surface area (Å²) in [6.07, 6.45) is 5.54. The molecule has 3 heterocycles. The van der Waals surface area contributed by atoms with Crippen molar-refractivity contribution in [2.24, 2.45) is 11.8 Å². The first-order valence-electron chi connectivity index (χ1n) is 11.0. The fraction of sp³-hybridized carbons (Fsp3) is 0.385. The van der Waals surface area contributed by atoms with Gasteiger partial charge < -0.3 is 9.84 Å². The molecule has 5 nitrogen and oxygen atoms in total. The first-order valence-corrected chi connectivity index (χ1v) is 11.9. The second-order valence-electron chi connectivity index (χ2n) is 8.25. The zero-order chi connectivity index (χ0) is 22.3. The predicted molar refractivity (Wildman–Crippen MR) is 128 cm³/mol. The number of rotatable bonds is 7. The number of fused-ring (bicyclic) bond motifs is 1. The van der Waals surface area contributed by atoms with Crippen LogP contribution in [-0.2, 0) is 11.2 Å². The summed E-state index contributed by atoms with van der Waals surface area (Å²) < 4.78 is 5.37. The number of carboxylic acids is 1. The van der Waals surface area contributed by atoms with Gasteiger partial charge in [0, 0.05) is 18.1 Å². The molecule has 0 spiro atoms. The Labute approximate surface area is 193 Å². The maximum atomic E-state index is 12.0. The van der Waals surface area contributed by atoms with Crippen LogP contribution in [0.2, 0.25) is 0 Å². The summed E-state index contributed by atoms with van der Waals surface area (Å²) in [5.74, 6) is 6.38. The van der Waals surface area contributed by atoms with Crippen molar-refractivity contribution >= 4 is 28.2 Å². The van der Waals surface area contributed by atoms with Crippen molar-refractivity contribution in [1.29, 1.82) is 0 Å². The Kier molecular flexibility index (Phi) is 7.41. The molecule has 3 aromatic rings. The first-order chi connectivity index (χ1) is 15.6. The van der Waals surface area contributed by atoms with Crippen molar-refractivity contribution in [3.05, 3.63) is 58.4 Å². The molecule has 0 saturated carbocycles. The summed E-state index contributed by atoms with van der Waals surface area (Å²) in [6.45, 7) is 2.11. The molecule has 32 heavy (non-hydrogen) atoms. The minimum Gasteiger partial charge on any atom is -0.497 e. The molecule has 2 aromatic heterocycles. The number of benzene rings is 1. The number of hydrogen-bond donors (Lipinski definition) is 1. The summed E-state index contributed by atoms with van der Waals surface area (Å²) in [7, 11) is 1.67. The fourth-order valence-electron chi connectivity index (χ4n) is 4.51. The highest BCUT2D eigenvalue weighted by Gasteiger charge is 2.33. The van der Waals surface area contributed by atoms with Crippen LogP contribution >= 0.6 is 11.3 Å². The largest absolute Gasteiger partial charge is 0.497 e. The molecule has 1 saturated heterocycles. The molecule has 1 aliphatic rings. The van der Waals surface area contributed by atoms with E-state index in [1.54, 1.807) is 18.4 Å². The maximum Gasteiger partial charge on any atom is 0.308 e. The van der Waals surface area contributed by atoms with Crippen LogP contribution in [0.15, 0.2) is 48.0 Å². The quantitative estimate of drug-likeness (QED) is 0.531. The van der Waals surface area contributed by atoms with Gasteiger partial charge in [-0.25, -0.2) is 0 Å². The van der Waals surface area contributed by atoms with E-state index < -0.39 is 5.97 Å². The number of aliphatic carboxylic acids is 1. The van der Waals surface area contributed by atoms with Gasteiger partial charge in [-0.3, -0.25) is 14.7 Å². The predicted octanol–water partition coefficient (Wildman–Crippen LogP) is 4.70. The van der Waals surface area contributed by atoms with Gasteiger partial charge in [-0.2, -0.15) is 0 Å². The average molecular weight is 449 g/mol. The Morgan fingerprint density at radius 2 is 2.25 bits per heavy atom. The molecule has 1 aromatic carbocycles. The number of ether oxygens (including phenoxy) is 1. The molecule has 1 aliphatic heterocycles. The van der Waals surface area contributed by atoms with E-state index in [1.807, 2.05) is 41.9 Å². The topological polar surface area (TPSA) is 62.7 Å². The molecule has 2 atom stereocenters. The minimum absolute atomic E-state index is 0.205. The lowest BCUT2D eigenvalue weighted by Gasteiger charge is -2.35. The molecule has 1 fully saturated rings. The van der Waals surface area contributed by atoms with Crippen molar-refractivity contribution in [3.63, 3.8) is 0 Å². The first kappa shape index (κ1) is 22.3. The molecular formula is C26H28N2O3S. The number of hydrogen-bond acceptors (Lipinski definition) is 5. The number of methoxy groups -OCH3 is 1. The number of aromatic nitrogens is 1. The highest BCUT2D eigenvalue weighted by Crippen LogP contribution is 2.30. The van der Waals surface area contributed by atoms with Gasteiger partial charge in [0.2, 0.25) is 0 Å². The second kappa shape index (κ2) is 10.6. The van der Waals surface area contributed by atoms with Crippen LogP contribution in [0.3, 0.4) is 0 Å². The van der Waals surface area contributed by atoms with Crippen molar-refractivity contribution < 1.29 is 14.6 Å². The number of piperidine rings is 1. The standard InChI is InChI=1S/C26H28N2O3S/c1-31-21-9-10-25-23(17-21)19(11-13-27-25)5-2-6-20-12-15-28(18-24(20)26(29)30)14-3-7-22-8-4-16-32-22/h4,8-11,13,16-17,20,24H,2,5-6,12,14-15,18H2,1H3,(H,29,30)/t20-,24+/m1/s1. The van der Waals surface area contributed by atoms with E-state index in [1.165, 1.54) is 5.56 Å². The average Bonchev–Trinajstić information content (AvgIpc) is 3.33. The Balaban J connectivity index is 1.34. The number of carboxylic acid groups (broad SMARTS) is 1. The minimum atomic E-state index is -0.690. The van der Waals surface area contributed by atoms with Gasteiger partial charge in [0.15, 0.2) is 0 Å². The van der Waals surface area contributed by atoms with Gasteiger partial charge in [0.25, 0.3) is 0 Å². The van der Waals surface area contributed by atoms with Crippen LogP contribution in [0.1, 0.15) is 29.7 Å². The summed E-state index contributed by atoms with van der Waals surface area (Å²) in [4.78, 5) is 19.6. The Morgan fingerprint density at radius 3 is 3.03 bits per heavy atom. The monoisotopic (exact) mass is 448 g/mol. The van der Waals surface area contributed by atoms with E-state index in [4.69, 9.17) is 4.74 Å². The maximum absolute atomic E-state index is 12.0. The van der Waals surface area contributed by atoms with Gasteiger partial charge in [-0.05, 0) is 79.4 Å². The van der Waals surface area contributed by atoms with Crippen LogP contribution in [0, 0.1) is 23.7 Å². The van der Waals surface area contributed by atoms with Crippen molar-refractivity contribution in [2.75, 3.05) is 26.7 Å². The van der Waals surface area contributed by atoms with Crippen LogP contribution in [0.5, 0.6) is 5.75 Å². The van der Waals surface area contributed by atoms with E-state index in [2.05, 4.69) is 27.8 Å². The zero-order valence-electron chi connectivity index (χ0n) is 18.3. The second-order valence-corrected chi connectivity index (χ2v) is 9.20. The Bertz CT molecular complexity index is 1120. The third kappa shape index (κ3) is 5.48. The molecular weight excluding hydrogens is 420 g/mol. The Hall–Kier alpha value is -2.88. The van der Waals surface area contributed by atoms with E-state index in [9.17, 15) is 9.90 Å². The molecule has 1 N–H and O–H groups in total. The van der Waals surface area contributed by atoms with Crippen LogP contribution in [0.25, 0.3) is 10.9 Å². The van der Waals surface area contributed by atoms with Gasteiger partial charge in [-0.1, -0.05) is 17.9 Å². The SMILES string of the molecule is COc1ccc2nccc(CCC[C@@H]3CCN(CC#Cc4cccs4)C[C@@H]3C(=O)O)c2c1. The van der Waals surface area contributed by atoms with E-state index in [0.29, 0.717) is 13.1 Å². The smallest absolute Gasteiger partial charge is 0.308 e. The summed E-state index contributed by atoms with van der Waals surface area (Å²) >= 11 is 1.63. The third-order valence-electron chi connectivity index (χ3n) is 6.25. The molecule has 4 rings (SSSR count). The molecule has 0 aliphatic carbocycles. The number of aryl methyl sites for hydroxylation is 1. The van der Waals surface area contributed by atoms with E-state index in [0.717, 1.165) is 53.8 Å². The summed E-state index contributed by atoms with van der Waals surface area (Å²) in [5, 5.41) is 13.0. The van der Waals surface area contributed by atoms with E-state index in [-0.39, 0.29) is 11.8 Å². The number of thiophene rings is 1. The number of carbonyl (C=O) groups is 1. The van der Waals surface area contributed by atoms with Gasteiger partial charge in [-0.15, -0.1) is 11.3 Å². The molecule has 0 unspecified atom stereocenters. The lowest BCUT2D eigenvalue weighted by Crippen LogP contribution is -2.44. The summed E-state index contributed by atoms with van der Waals surface area (Å²) in [6, 6.07) is 12.0. The van der Waals surface area contributed by atoms with Crippen LogP contribution in [0.4, 0.5) is 0 Å². The molecule has 0 amide bonds. The lowest BCUT2D eigenvalue weighted by molar-refractivity contribution is -0.146. The van der Waals surface area contributed by atoms with E-state index >= 15 is 0 Å². The fourth-order valence-corrected chi connectivity index (χ4v) is 5.10. The van der Waals surface area contributed by atoms with Crippen LogP contribution < -0.4 is 4.74 Å². The van der Waals surface area contributed by atoms with Gasteiger partial charge in [0.1, 0.15) is 5.75 Å². The highest BCUT2D eigenvalue weighted by molar-refractivity contribution is 7.10. The molecule has 0 bridgehead atoms. The normalized spacial score (nSPS) is 18.8. The van der Waals surface area contributed by atoms with Crippen molar-refractivity contribution in [1.82, 2.24) is 9.88 Å². The molecule has 0 radical (unpaired) electrons. The molecule has 6 heteroatoms. The van der Waals surface area contributed by atoms with Crippen LogP contribution in [-0.4, -0.2) is 47.7 Å². The Morgan fingerprint density at radius 1 is 1.34 bits per heavy atom. The van der Waals surface area contributed by atoms with Gasteiger partial charge >= 0.3 is 5.97 Å². The number of likely N-dealkylation sites (tertiary alicyclic amines) is 1. The number of pyridine rings is 1. The van der Waals surface area contributed by atoms with Crippen molar-refractivity contribution in [3.8, 4) is 17.6 Å². The highest BCUT2D eigenvalue weighted by atomic mass is 32.1. The molecule has 166 valence electrons.